The van der Waals surface area contributed by atoms with Crippen LogP contribution in [-0.2, 0) is 6.54 Å². The van der Waals surface area contributed by atoms with E-state index in [4.69, 9.17) is 4.42 Å². The first-order valence-electron chi connectivity index (χ1n) is 6.92. The van der Waals surface area contributed by atoms with E-state index in [1.54, 1.807) is 12.3 Å². The van der Waals surface area contributed by atoms with Gasteiger partial charge < -0.3 is 9.32 Å². The number of aromatic nitrogens is 3. The van der Waals surface area contributed by atoms with E-state index in [9.17, 15) is 4.79 Å². The Morgan fingerprint density at radius 3 is 2.86 bits per heavy atom. The molecule has 2 aromatic heterocycles. The predicted octanol–water partition coefficient (Wildman–Crippen LogP) is 1.52. The molecule has 0 aliphatic carbocycles. The molecule has 1 aliphatic rings. The molecule has 0 unspecified atom stereocenters. The Morgan fingerprint density at radius 2 is 2.05 bits per heavy atom. The first-order chi connectivity index (χ1) is 10.3. The summed E-state index contributed by atoms with van der Waals surface area (Å²) < 4.78 is 7.23. The molecule has 21 heavy (non-hydrogen) atoms. The molecular weight excluding hydrogens is 268 g/mol. The minimum absolute atomic E-state index is 0.0576. The van der Waals surface area contributed by atoms with E-state index in [1.807, 2.05) is 24.3 Å². The predicted molar refractivity (Wildman–Crippen MR) is 78.2 cm³/mol. The number of benzene rings is 1. The van der Waals surface area contributed by atoms with Gasteiger partial charge in [0.2, 0.25) is 0 Å². The Hall–Kier alpha value is -2.63. The van der Waals surface area contributed by atoms with Crippen molar-refractivity contribution >= 4 is 17.1 Å². The van der Waals surface area contributed by atoms with Crippen LogP contribution in [0.15, 0.2) is 51.8 Å². The number of nitrogens with zero attached hydrogens (tertiary/aromatic N) is 4. The Labute approximate surface area is 120 Å². The van der Waals surface area contributed by atoms with Crippen LogP contribution in [0.5, 0.6) is 0 Å². The second-order valence-corrected chi connectivity index (χ2v) is 5.28. The summed E-state index contributed by atoms with van der Waals surface area (Å²) in [7, 11) is 0. The summed E-state index contributed by atoms with van der Waals surface area (Å²) in [5.74, 6) is 0.396. The van der Waals surface area contributed by atoms with Crippen LogP contribution >= 0.6 is 0 Å². The number of para-hydroxylation sites is 2. The Bertz CT molecular complexity index is 800. The van der Waals surface area contributed by atoms with Gasteiger partial charge in [0.1, 0.15) is 5.52 Å². The molecule has 4 rings (SSSR count). The normalized spacial score (nSPS) is 15.3. The maximum Gasteiger partial charge on any atom is 0.298 e. The van der Waals surface area contributed by atoms with Crippen molar-refractivity contribution in [3.05, 3.63) is 52.9 Å². The molecule has 0 bridgehead atoms. The summed E-state index contributed by atoms with van der Waals surface area (Å²) in [6.45, 7) is 2.29. The first-order valence-corrected chi connectivity index (χ1v) is 6.92. The molecule has 0 saturated carbocycles. The monoisotopic (exact) mass is 282 g/mol. The molecule has 1 saturated heterocycles. The van der Waals surface area contributed by atoms with Crippen LogP contribution in [0, 0.1) is 5.92 Å². The average molecular weight is 282 g/mol. The SMILES string of the molecule is O=c1cccnn1CC1CN(c2nc3ccccc3o2)C1. The lowest BCUT2D eigenvalue weighted by atomic mass is 10.0. The maximum absolute atomic E-state index is 11.6. The van der Waals surface area contributed by atoms with E-state index in [1.165, 1.54) is 10.7 Å². The van der Waals surface area contributed by atoms with Gasteiger partial charge in [-0.25, -0.2) is 4.68 Å². The second kappa shape index (κ2) is 4.73. The summed E-state index contributed by atoms with van der Waals surface area (Å²) in [6, 6.07) is 11.6. The first kappa shape index (κ1) is 12.1. The van der Waals surface area contributed by atoms with E-state index in [0.717, 1.165) is 24.2 Å². The zero-order chi connectivity index (χ0) is 14.2. The quantitative estimate of drug-likeness (QED) is 0.729. The molecule has 0 spiro atoms. The van der Waals surface area contributed by atoms with Crippen molar-refractivity contribution in [2.24, 2.45) is 5.92 Å². The van der Waals surface area contributed by atoms with Gasteiger partial charge in [0, 0.05) is 31.3 Å². The molecule has 0 atom stereocenters. The van der Waals surface area contributed by atoms with Gasteiger partial charge in [0.15, 0.2) is 5.58 Å². The highest BCUT2D eigenvalue weighted by molar-refractivity contribution is 5.74. The molecule has 1 aliphatic heterocycles. The van der Waals surface area contributed by atoms with Gasteiger partial charge >= 0.3 is 0 Å². The average Bonchev–Trinajstić information content (AvgIpc) is 2.87. The second-order valence-electron chi connectivity index (χ2n) is 5.28. The summed E-state index contributed by atoms with van der Waals surface area (Å²) in [6.07, 6.45) is 1.64. The highest BCUT2D eigenvalue weighted by Crippen LogP contribution is 2.27. The largest absolute Gasteiger partial charge is 0.423 e. The summed E-state index contributed by atoms with van der Waals surface area (Å²) in [4.78, 5) is 18.2. The van der Waals surface area contributed by atoms with Crippen molar-refractivity contribution in [1.82, 2.24) is 14.8 Å². The van der Waals surface area contributed by atoms with Crippen LogP contribution in [-0.4, -0.2) is 27.9 Å². The number of oxazole rings is 1. The van der Waals surface area contributed by atoms with E-state index < -0.39 is 0 Å². The highest BCUT2D eigenvalue weighted by Gasteiger charge is 2.30. The third-order valence-electron chi connectivity index (χ3n) is 3.73. The molecule has 106 valence electrons. The van der Waals surface area contributed by atoms with Crippen LogP contribution in [0.1, 0.15) is 0 Å². The zero-order valence-electron chi connectivity index (χ0n) is 11.3. The van der Waals surface area contributed by atoms with Crippen LogP contribution < -0.4 is 10.5 Å². The Balaban J connectivity index is 1.45. The van der Waals surface area contributed by atoms with Gasteiger partial charge in [-0.05, 0) is 18.2 Å². The topological polar surface area (TPSA) is 64.2 Å². The summed E-state index contributed by atoms with van der Waals surface area (Å²) >= 11 is 0. The van der Waals surface area contributed by atoms with Crippen molar-refractivity contribution in [3.63, 3.8) is 0 Å². The minimum Gasteiger partial charge on any atom is -0.423 e. The fourth-order valence-corrected chi connectivity index (χ4v) is 2.61. The third kappa shape index (κ3) is 2.18. The molecule has 0 amide bonds. The smallest absolute Gasteiger partial charge is 0.298 e. The van der Waals surface area contributed by atoms with Crippen molar-refractivity contribution in [2.45, 2.75) is 6.54 Å². The molecule has 3 heterocycles. The molecule has 3 aromatic rings. The van der Waals surface area contributed by atoms with Gasteiger partial charge in [-0.15, -0.1) is 0 Å². The standard InChI is InChI=1S/C15H14N4O2/c20-14-6-3-7-16-19(14)10-11-8-18(9-11)15-17-12-4-1-2-5-13(12)21-15/h1-7,11H,8-10H2. The van der Waals surface area contributed by atoms with Gasteiger partial charge in [-0.2, -0.15) is 10.1 Å². The van der Waals surface area contributed by atoms with Crippen molar-refractivity contribution in [2.75, 3.05) is 18.0 Å². The van der Waals surface area contributed by atoms with E-state index >= 15 is 0 Å². The third-order valence-corrected chi connectivity index (χ3v) is 3.73. The van der Waals surface area contributed by atoms with Gasteiger partial charge in [0.05, 0.1) is 6.54 Å². The van der Waals surface area contributed by atoms with Gasteiger partial charge in [-0.3, -0.25) is 4.79 Å². The molecule has 0 radical (unpaired) electrons. The number of hydrogen-bond donors (Lipinski definition) is 0. The fraction of sp³-hybridized carbons (Fsp3) is 0.267. The molecule has 1 aromatic carbocycles. The molecule has 1 fully saturated rings. The zero-order valence-corrected chi connectivity index (χ0v) is 11.3. The van der Waals surface area contributed by atoms with Gasteiger partial charge in [0.25, 0.3) is 11.6 Å². The molecule has 6 nitrogen and oxygen atoms in total. The highest BCUT2D eigenvalue weighted by atomic mass is 16.4. The number of anilines is 1. The lowest BCUT2D eigenvalue weighted by Crippen LogP contribution is -2.49. The molecular formula is C15H14N4O2. The molecule has 6 heteroatoms. The lowest BCUT2D eigenvalue weighted by Gasteiger charge is -2.37. The van der Waals surface area contributed by atoms with E-state index in [2.05, 4.69) is 15.0 Å². The van der Waals surface area contributed by atoms with Crippen LogP contribution in [0.2, 0.25) is 0 Å². The van der Waals surface area contributed by atoms with Crippen molar-refractivity contribution < 1.29 is 4.42 Å². The van der Waals surface area contributed by atoms with Crippen LogP contribution in [0.3, 0.4) is 0 Å². The van der Waals surface area contributed by atoms with Crippen molar-refractivity contribution in [1.29, 1.82) is 0 Å². The van der Waals surface area contributed by atoms with Crippen molar-refractivity contribution in [3.8, 4) is 0 Å². The summed E-state index contributed by atoms with van der Waals surface area (Å²) in [5, 5.41) is 4.08. The number of fused-ring (bicyclic) bond motifs is 1. The summed E-state index contributed by atoms with van der Waals surface area (Å²) in [5.41, 5.74) is 1.62. The van der Waals surface area contributed by atoms with E-state index in [-0.39, 0.29) is 5.56 Å². The minimum atomic E-state index is -0.0576. The van der Waals surface area contributed by atoms with Gasteiger partial charge in [-0.1, -0.05) is 12.1 Å². The number of rotatable bonds is 3. The van der Waals surface area contributed by atoms with Crippen LogP contribution in [0.4, 0.5) is 6.01 Å². The van der Waals surface area contributed by atoms with Crippen LogP contribution in [0.25, 0.3) is 11.1 Å². The fourth-order valence-electron chi connectivity index (χ4n) is 2.61. The lowest BCUT2D eigenvalue weighted by molar-refractivity contribution is 0.319. The Morgan fingerprint density at radius 1 is 1.19 bits per heavy atom. The molecule has 0 N–H and O–H groups in total. The number of hydrogen-bond acceptors (Lipinski definition) is 5. The maximum atomic E-state index is 11.6. The Kier molecular flexibility index (Phi) is 2.73. The van der Waals surface area contributed by atoms with E-state index in [0.29, 0.717) is 18.5 Å².